The van der Waals surface area contributed by atoms with E-state index in [1.54, 1.807) is 26.0 Å². The number of aryl methyl sites for hydroxylation is 2. The van der Waals surface area contributed by atoms with Crippen molar-refractivity contribution in [2.45, 2.75) is 27.7 Å². The number of nitrogens with zero attached hydrogens (tertiary/aromatic N) is 2. The maximum atomic E-state index is 11.6. The number of hydrogen-bond acceptors (Lipinski definition) is 5. The van der Waals surface area contributed by atoms with Crippen LogP contribution < -0.4 is 10.1 Å². The van der Waals surface area contributed by atoms with Crippen molar-refractivity contribution in [3.05, 3.63) is 41.7 Å². The summed E-state index contributed by atoms with van der Waals surface area (Å²) in [5, 5.41) is 3.11. The number of carbonyl (C=O) groups is 1. The van der Waals surface area contributed by atoms with E-state index in [-0.39, 0.29) is 11.9 Å². The molecule has 0 aliphatic carbocycles. The average Bonchev–Trinajstić information content (AvgIpc) is 2.37. The first-order valence-corrected chi connectivity index (χ1v) is 6.85. The molecule has 0 aliphatic rings. The zero-order chi connectivity index (χ0) is 15.4. The summed E-state index contributed by atoms with van der Waals surface area (Å²) in [4.78, 5) is 20.2. The second-order valence-electron chi connectivity index (χ2n) is 5.20. The van der Waals surface area contributed by atoms with E-state index in [0.717, 1.165) is 17.1 Å². The normalized spacial score (nSPS) is 10.5. The monoisotopic (exact) mass is 285 g/mol. The first-order chi connectivity index (χ1) is 9.94. The third-order valence-electron chi connectivity index (χ3n) is 2.76. The SMILES string of the molecule is Cc1cc(C)nc(Nc2cccc(OC(=O)C(C)C)c2)n1. The second kappa shape index (κ2) is 6.35. The molecule has 0 saturated carbocycles. The molecular weight excluding hydrogens is 266 g/mol. The van der Waals surface area contributed by atoms with Gasteiger partial charge in [0.1, 0.15) is 5.75 Å². The van der Waals surface area contributed by atoms with Crippen molar-refractivity contribution in [2.24, 2.45) is 5.92 Å². The summed E-state index contributed by atoms with van der Waals surface area (Å²) in [5.74, 6) is 0.613. The third kappa shape index (κ3) is 4.27. The van der Waals surface area contributed by atoms with E-state index in [4.69, 9.17) is 4.74 Å². The van der Waals surface area contributed by atoms with Crippen LogP contribution in [-0.4, -0.2) is 15.9 Å². The van der Waals surface area contributed by atoms with Gasteiger partial charge in [0.05, 0.1) is 5.92 Å². The van der Waals surface area contributed by atoms with Crippen LogP contribution in [-0.2, 0) is 4.79 Å². The molecule has 2 aromatic rings. The second-order valence-corrected chi connectivity index (χ2v) is 5.20. The van der Waals surface area contributed by atoms with E-state index < -0.39 is 0 Å². The molecule has 2 rings (SSSR count). The number of aromatic nitrogens is 2. The van der Waals surface area contributed by atoms with E-state index in [1.165, 1.54) is 0 Å². The molecule has 110 valence electrons. The van der Waals surface area contributed by atoms with Gasteiger partial charge in [0.25, 0.3) is 0 Å². The Hall–Kier alpha value is -2.43. The summed E-state index contributed by atoms with van der Waals surface area (Å²) in [7, 11) is 0. The van der Waals surface area contributed by atoms with Crippen LogP contribution in [0.2, 0.25) is 0 Å². The number of carbonyl (C=O) groups excluding carboxylic acids is 1. The van der Waals surface area contributed by atoms with E-state index in [0.29, 0.717) is 11.7 Å². The lowest BCUT2D eigenvalue weighted by atomic mass is 10.2. The first-order valence-electron chi connectivity index (χ1n) is 6.85. The lowest BCUT2D eigenvalue weighted by Crippen LogP contribution is -2.14. The summed E-state index contributed by atoms with van der Waals surface area (Å²) in [6.45, 7) is 7.43. The van der Waals surface area contributed by atoms with Crippen molar-refractivity contribution in [2.75, 3.05) is 5.32 Å². The van der Waals surface area contributed by atoms with Crippen molar-refractivity contribution < 1.29 is 9.53 Å². The molecule has 1 N–H and O–H groups in total. The molecular formula is C16H19N3O2. The average molecular weight is 285 g/mol. The van der Waals surface area contributed by atoms with Crippen molar-refractivity contribution >= 4 is 17.6 Å². The van der Waals surface area contributed by atoms with Crippen LogP contribution in [0.1, 0.15) is 25.2 Å². The maximum absolute atomic E-state index is 11.6. The fourth-order valence-electron chi connectivity index (χ4n) is 1.78. The zero-order valence-electron chi connectivity index (χ0n) is 12.7. The summed E-state index contributed by atoms with van der Waals surface area (Å²) in [6.07, 6.45) is 0. The molecule has 0 aliphatic heterocycles. The van der Waals surface area contributed by atoms with Crippen LogP contribution in [0.4, 0.5) is 11.6 Å². The van der Waals surface area contributed by atoms with Crippen LogP contribution in [0.5, 0.6) is 5.75 Å². The lowest BCUT2D eigenvalue weighted by molar-refractivity contribution is -0.137. The molecule has 0 atom stereocenters. The highest BCUT2D eigenvalue weighted by Crippen LogP contribution is 2.21. The van der Waals surface area contributed by atoms with Crippen LogP contribution in [0.15, 0.2) is 30.3 Å². The Labute approximate surface area is 124 Å². The highest BCUT2D eigenvalue weighted by molar-refractivity contribution is 5.74. The lowest BCUT2D eigenvalue weighted by Gasteiger charge is -2.10. The Kier molecular flexibility index (Phi) is 4.52. The van der Waals surface area contributed by atoms with Crippen LogP contribution in [0.3, 0.4) is 0 Å². The smallest absolute Gasteiger partial charge is 0.313 e. The van der Waals surface area contributed by atoms with E-state index in [1.807, 2.05) is 32.0 Å². The Morgan fingerprint density at radius 2 is 1.81 bits per heavy atom. The third-order valence-corrected chi connectivity index (χ3v) is 2.76. The number of esters is 1. The van der Waals surface area contributed by atoms with Gasteiger partial charge in [0, 0.05) is 23.1 Å². The van der Waals surface area contributed by atoms with Crippen LogP contribution >= 0.6 is 0 Å². The number of rotatable bonds is 4. The van der Waals surface area contributed by atoms with E-state index in [9.17, 15) is 4.79 Å². The minimum Gasteiger partial charge on any atom is -0.426 e. The maximum Gasteiger partial charge on any atom is 0.313 e. The van der Waals surface area contributed by atoms with Crippen molar-refractivity contribution in [1.29, 1.82) is 0 Å². The standard InChI is InChI=1S/C16H19N3O2/c1-10(2)15(20)21-14-7-5-6-13(9-14)19-16-17-11(3)8-12(4)18-16/h5-10H,1-4H3,(H,17,18,19). The molecule has 5 nitrogen and oxygen atoms in total. The van der Waals surface area contributed by atoms with Crippen LogP contribution in [0, 0.1) is 19.8 Å². The number of nitrogens with one attached hydrogen (secondary N) is 1. The Morgan fingerprint density at radius 3 is 2.43 bits per heavy atom. The van der Waals surface area contributed by atoms with Gasteiger partial charge in [-0.1, -0.05) is 19.9 Å². The van der Waals surface area contributed by atoms with Gasteiger partial charge in [0.15, 0.2) is 0 Å². The highest BCUT2D eigenvalue weighted by atomic mass is 16.5. The van der Waals surface area contributed by atoms with Gasteiger partial charge >= 0.3 is 5.97 Å². The fourth-order valence-corrected chi connectivity index (χ4v) is 1.78. The summed E-state index contributed by atoms with van der Waals surface area (Å²) in [5.41, 5.74) is 2.56. The van der Waals surface area contributed by atoms with E-state index >= 15 is 0 Å². The molecule has 0 bridgehead atoms. The van der Waals surface area contributed by atoms with Crippen molar-refractivity contribution in [3.63, 3.8) is 0 Å². The molecule has 0 spiro atoms. The summed E-state index contributed by atoms with van der Waals surface area (Å²) < 4.78 is 5.28. The largest absolute Gasteiger partial charge is 0.426 e. The molecule has 0 radical (unpaired) electrons. The van der Waals surface area contributed by atoms with Gasteiger partial charge in [-0.3, -0.25) is 4.79 Å². The number of ether oxygens (including phenoxy) is 1. The van der Waals surface area contributed by atoms with Crippen molar-refractivity contribution in [1.82, 2.24) is 9.97 Å². The Bertz CT molecular complexity index is 633. The molecule has 0 fully saturated rings. The Balaban J connectivity index is 2.15. The first kappa shape index (κ1) is 15.0. The molecule has 1 heterocycles. The quantitative estimate of drug-likeness (QED) is 0.689. The van der Waals surface area contributed by atoms with Gasteiger partial charge in [-0.25, -0.2) is 9.97 Å². The molecule has 1 aromatic carbocycles. The number of benzene rings is 1. The highest BCUT2D eigenvalue weighted by Gasteiger charge is 2.10. The van der Waals surface area contributed by atoms with Gasteiger partial charge < -0.3 is 10.1 Å². The summed E-state index contributed by atoms with van der Waals surface area (Å²) in [6, 6.07) is 9.09. The number of hydrogen-bond donors (Lipinski definition) is 1. The minimum atomic E-state index is -0.255. The molecule has 0 saturated heterocycles. The summed E-state index contributed by atoms with van der Waals surface area (Å²) >= 11 is 0. The molecule has 21 heavy (non-hydrogen) atoms. The molecule has 5 heteroatoms. The van der Waals surface area contributed by atoms with Gasteiger partial charge in [-0.2, -0.15) is 0 Å². The van der Waals surface area contributed by atoms with Gasteiger partial charge in [-0.15, -0.1) is 0 Å². The molecule has 1 aromatic heterocycles. The zero-order valence-corrected chi connectivity index (χ0v) is 12.7. The van der Waals surface area contributed by atoms with Gasteiger partial charge in [0.2, 0.25) is 5.95 Å². The van der Waals surface area contributed by atoms with E-state index in [2.05, 4.69) is 15.3 Å². The van der Waals surface area contributed by atoms with Gasteiger partial charge in [-0.05, 0) is 32.0 Å². The van der Waals surface area contributed by atoms with Crippen molar-refractivity contribution in [3.8, 4) is 5.75 Å². The topological polar surface area (TPSA) is 64.1 Å². The fraction of sp³-hybridized carbons (Fsp3) is 0.312. The number of anilines is 2. The van der Waals surface area contributed by atoms with Crippen LogP contribution in [0.25, 0.3) is 0 Å². The predicted octanol–water partition coefficient (Wildman–Crippen LogP) is 3.40. The molecule has 0 unspecified atom stereocenters. The predicted molar refractivity (Wildman–Crippen MR) is 81.7 cm³/mol. The molecule has 0 amide bonds. The minimum absolute atomic E-state index is 0.163. The Morgan fingerprint density at radius 1 is 1.14 bits per heavy atom.